The Morgan fingerprint density at radius 3 is 2.41 bits per heavy atom. The fourth-order valence-corrected chi connectivity index (χ4v) is 4.16. The molecule has 1 aromatic heterocycles. The van der Waals surface area contributed by atoms with Gasteiger partial charge in [-0.1, -0.05) is 0 Å². The summed E-state index contributed by atoms with van der Waals surface area (Å²) in [7, 11) is -10.3. The molecule has 0 spiro atoms. The standard InChI is InChI=1S/C11H24N2O11P2S/c1-7(5-22-26(20,21)24-25(17,18)19)23-9(11(2,16)6-14)13-4-3-8(27)12-10(13)15/h3-4,7,9,14,16-21,25-26H,5-6H2,1-2H3,(H,12,15,27). The molecule has 0 radical (unpaired) electrons. The van der Waals surface area contributed by atoms with Crippen molar-refractivity contribution in [3.63, 3.8) is 0 Å². The van der Waals surface area contributed by atoms with Crippen LogP contribution in [0.2, 0.25) is 0 Å². The molecule has 0 aliphatic carbocycles. The summed E-state index contributed by atoms with van der Waals surface area (Å²) in [4.78, 5) is 59.4. The Bertz CT molecular complexity index is 732. The Morgan fingerprint density at radius 2 is 1.93 bits per heavy atom. The van der Waals surface area contributed by atoms with Gasteiger partial charge in [0.1, 0.15) is 0 Å². The zero-order chi connectivity index (χ0) is 21.0. The molecular weight excluding hydrogens is 430 g/mol. The zero-order valence-corrected chi connectivity index (χ0v) is 17.2. The van der Waals surface area contributed by atoms with Gasteiger partial charge in [0, 0.05) is 0 Å². The van der Waals surface area contributed by atoms with Crippen molar-refractivity contribution in [1.82, 2.24) is 9.55 Å². The van der Waals surface area contributed by atoms with Gasteiger partial charge in [-0.3, -0.25) is 0 Å². The van der Waals surface area contributed by atoms with Crippen LogP contribution >= 0.6 is 28.6 Å². The van der Waals surface area contributed by atoms with Gasteiger partial charge in [0.25, 0.3) is 0 Å². The number of rotatable bonds is 10. The van der Waals surface area contributed by atoms with Gasteiger partial charge in [-0.05, 0) is 0 Å². The summed E-state index contributed by atoms with van der Waals surface area (Å²) in [6.45, 7) is 1.17. The normalized spacial score (nSPS) is 18.6. The van der Waals surface area contributed by atoms with Gasteiger partial charge in [0.05, 0.1) is 0 Å². The Labute approximate surface area is 159 Å². The molecule has 27 heavy (non-hydrogen) atoms. The van der Waals surface area contributed by atoms with Crippen LogP contribution in [0.3, 0.4) is 0 Å². The quantitative estimate of drug-likeness (QED) is 0.148. The van der Waals surface area contributed by atoms with E-state index in [4.69, 9.17) is 31.6 Å². The average Bonchev–Trinajstić information content (AvgIpc) is 2.49. The third-order valence-electron chi connectivity index (χ3n) is 3.09. The summed E-state index contributed by atoms with van der Waals surface area (Å²) in [6.07, 6.45) is -1.23. The van der Waals surface area contributed by atoms with Crippen LogP contribution in [0, 0.1) is 4.64 Å². The topological polar surface area (TPSA) is 207 Å². The maximum atomic E-state index is 12.1. The Balaban J connectivity index is 2.94. The van der Waals surface area contributed by atoms with Crippen molar-refractivity contribution in [1.29, 1.82) is 0 Å². The molecule has 0 aliphatic heterocycles. The van der Waals surface area contributed by atoms with Crippen molar-refractivity contribution in [3.8, 4) is 0 Å². The monoisotopic (exact) mass is 454 g/mol. The van der Waals surface area contributed by atoms with Gasteiger partial charge >= 0.3 is 159 Å². The number of aromatic amines is 1. The molecule has 3 unspecified atom stereocenters. The average molecular weight is 454 g/mol. The molecule has 0 amide bonds. The number of aliphatic hydroxyl groups excluding tert-OH is 1. The molecule has 0 saturated carbocycles. The molecule has 0 aliphatic rings. The van der Waals surface area contributed by atoms with E-state index < -0.39 is 53.2 Å². The molecule has 16 heteroatoms. The molecule has 160 valence electrons. The Hall–Kier alpha value is -0.440. The van der Waals surface area contributed by atoms with Gasteiger partial charge < -0.3 is 0 Å². The summed E-state index contributed by atoms with van der Waals surface area (Å²) in [5.74, 6) is 0. The number of nitrogens with one attached hydrogen (secondary N) is 1. The molecule has 0 aromatic carbocycles. The van der Waals surface area contributed by atoms with Crippen LogP contribution in [0.15, 0.2) is 17.1 Å². The minimum absolute atomic E-state index is 0.133. The van der Waals surface area contributed by atoms with Crippen molar-refractivity contribution < 1.29 is 48.3 Å². The summed E-state index contributed by atoms with van der Waals surface area (Å²) in [5, 5.41) is 19.7. The van der Waals surface area contributed by atoms with E-state index in [2.05, 4.69) is 13.8 Å². The van der Waals surface area contributed by atoms with Crippen molar-refractivity contribution in [2.75, 3.05) is 13.2 Å². The van der Waals surface area contributed by atoms with Gasteiger partial charge in [-0.25, -0.2) is 0 Å². The fraction of sp³-hybridized carbons (Fsp3) is 0.636. The first-order valence-corrected chi connectivity index (χ1v) is 11.3. The van der Waals surface area contributed by atoms with E-state index in [9.17, 15) is 24.8 Å². The second-order valence-corrected chi connectivity index (χ2v) is 9.66. The molecule has 13 nitrogen and oxygen atoms in total. The second kappa shape index (κ2) is 9.37. The fourth-order valence-electron chi connectivity index (χ4n) is 1.89. The van der Waals surface area contributed by atoms with Crippen LogP contribution in [0.4, 0.5) is 0 Å². The van der Waals surface area contributed by atoms with Gasteiger partial charge in [0.2, 0.25) is 0 Å². The number of hydrogen-bond acceptors (Lipinski definition) is 12. The van der Waals surface area contributed by atoms with Crippen LogP contribution in [0.5, 0.6) is 0 Å². The predicted octanol–water partition coefficient (Wildman–Crippen LogP) is -1.63. The summed E-state index contributed by atoms with van der Waals surface area (Å²) in [6, 6.07) is 1.35. The van der Waals surface area contributed by atoms with E-state index >= 15 is 0 Å². The maximum absolute atomic E-state index is 12.1. The van der Waals surface area contributed by atoms with E-state index in [1.807, 2.05) is 0 Å². The Kier molecular flexibility index (Phi) is 8.54. The molecule has 1 heterocycles. The van der Waals surface area contributed by atoms with Gasteiger partial charge in [-0.2, -0.15) is 0 Å². The molecule has 8 N–H and O–H groups in total. The summed E-state index contributed by atoms with van der Waals surface area (Å²) >= 11 is 4.82. The molecule has 1 rings (SSSR count). The van der Waals surface area contributed by atoms with Crippen LogP contribution in [-0.4, -0.2) is 69.1 Å². The van der Waals surface area contributed by atoms with Crippen molar-refractivity contribution in [2.24, 2.45) is 0 Å². The van der Waals surface area contributed by atoms with E-state index in [1.54, 1.807) is 0 Å². The molecular formula is C11H24N2O11P2S. The van der Waals surface area contributed by atoms with E-state index in [-0.39, 0.29) is 4.64 Å². The molecule has 3 atom stereocenters. The van der Waals surface area contributed by atoms with Crippen LogP contribution in [-0.2, 0) is 13.6 Å². The van der Waals surface area contributed by atoms with Gasteiger partial charge in [-0.15, -0.1) is 0 Å². The zero-order valence-electron chi connectivity index (χ0n) is 14.3. The number of ether oxygens (including phenoxy) is 1. The van der Waals surface area contributed by atoms with Crippen molar-refractivity contribution in [3.05, 3.63) is 27.4 Å². The number of aromatic nitrogens is 2. The number of hydrogen-bond donors (Lipinski definition) is 8. The van der Waals surface area contributed by atoms with Crippen LogP contribution in [0.25, 0.3) is 0 Å². The Morgan fingerprint density at radius 1 is 1.33 bits per heavy atom. The van der Waals surface area contributed by atoms with Crippen LogP contribution in [0.1, 0.15) is 20.1 Å². The number of aliphatic hydroxyl groups is 2. The van der Waals surface area contributed by atoms with Crippen LogP contribution < -0.4 is 5.69 Å². The van der Waals surface area contributed by atoms with Crippen molar-refractivity contribution in [2.45, 2.75) is 31.8 Å². The van der Waals surface area contributed by atoms with E-state index in [1.165, 1.54) is 26.1 Å². The molecule has 1 aromatic rings. The summed E-state index contributed by atoms with van der Waals surface area (Å²) < 4.78 is 15.0. The molecule has 0 saturated heterocycles. The number of H-pyrrole nitrogens is 1. The molecule has 0 bridgehead atoms. The third-order valence-corrected chi connectivity index (χ3v) is 6.03. The number of nitrogens with zero attached hydrogens (tertiary/aromatic N) is 1. The van der Waals surface area contributed by atoms with Gasteiger partial charge in [0.15, 0.2) is 0 Å². The first-order valence-electron chi connectivity index (χ1n) is 7.43. The second-order valence-electron chi connectivity index (χ2n) is 5.87. The van der Waals surface area contributed by atoms with Crippen molar-refractivity contribution >= 4 is 28.6 Å². The third kappa shape index (κ3) is 8.21. The first kappa shape index (κ1) is 24.6. The molecule has 0 fully saturated rings. The predicted molar refractivity (Wildman–Crippen MR) is 97.9 cm³/mol. The minimum atomic E-state index is -5.23. The summed E-state index contributed by atoms with van der Waals surface area (Å²) in [5.41, 5.74) is -2.66. The van der Waals surface area contributed by atoms with E-state index in [0.29, 0.717) is 0 Å². The first-order chi connectivity index (χ1) is 12.2. The van der Waals surface area contributed by atoms with E-state index in [0.717, 1.165) is 4.57 Å². The SMILES string of the molecule is CC(CO[PH](O)(O)O[PH](O)(O)O)OC(n1ccc(=S)[nH]c1=O)C(C)(O)CO.